The highest BCUT2D eigenvalue weighted by Crippen LogP contribution is 2.42. The second-order valence-electron chi connectivity index (χ2n) is 12.0. The van der Waals surface area contributed by atoms with E-state index in [1.165, 1.54) is 77.5 Å². The molecule has 1 aliphatic carbocycles. The average Bonchev–Trinajstić information content (AvgIpc) is 3.75. The molecule has 0 N–H and O–H groups in total. The predicted octanol–water partition coefficient (Wildman–Crippen LogP) is 10.5. The van der Waals surface area contributed by atoms with Crippen molar-refractivity contribution in [2.45, 2.75) is 6.42 Å². The zero-order valence-corrected chi connectivity index (χ0v) is 24.5. The van der Waals surface area contributed by atoms with Gasteiger partial charge in [0.25, 0.3) is 0 Å². The number of aromatic nitrogens is 3. The average molecular weight is 574 g/mol. The minimum absolute atomic E-state index is 0.962. The van der Waals surface area contributed by atoms with Crippen LogP contribution in [0.4, 0.5) is 0 Å². The highest BCUT2D eigenvalue weighted by atomic mass is 15.0. The van der Waals surface area contributed by atoms with Crippen LogP contribution in [0.1, 0.15) is 11.1 Å². The molecule has 3 nitrogen and oxygen atoms in total. The van der Waals surface area contributed by atoms with Crippen molar-refractivity contribution in [3.63, 3.8) is 0 Å². The van der Waals surface area contributed by atoms with Crippen LogP contribution in [-0.2, 0) is 6.42 Å². The standard InChI is InChI=1S/C42H27N3/c1-2-9-31(10-3-1)44-38-13-6-4-11-33(38)37-25-28(19-21-40(37)44)27-16-17-29-23-30-18-20-32(26-36(30)35(29)24-27)45-39-14-7-5-12-34(39)42-41(45)15-8-22-43-42/h1-22,24-26H,23H2. The Hall–Kier alpha value is -5.93. The molecule has 0 atom stereocenters. The van der Waals surface area contributed by atoms with E-state index in [9.17, 15) is 0 Å². The van der Waals surface area contributed by atoms with Crippen LogP contribution in [0, 0.1) is 0 Å². The highest BCUT2D eigenvalue weighted by molar-refractivity contribution is 6.10. The molecule has 0 radical (unpaired) electrons. The molecule has 1 aliphatic rings. The van der Waals surface area contributed by atoms with E-state index >= 15 is 0 Å². The van der Waals surface area contributed by atoms with E-state index in [2.05, 4.69) is 149 Å². The third-order valence-corrected chi connectivity index (χ3v) is 9.58. The van der Waals surface area contributed by atoms with Gasteiger partial charge in [-0.3, -0.25) is 4.98 Å². The molecule has 0 saturated heterocycles. The van der Waals surface area contributed by atoms with Crippen LogP contribution in [0.15, 0.2) is 152 Å². The SMILES string of the molecule is c1ccc(-n2c3ccccc3c3cc(-c4ccc5c(c4)-c4cc(-n6c7ccccc7c7ncccc76)ccc4C5)ccc32)cc1. The first-order chi connectivity index (χ1) is 22.3. The largest absolute Gasteiger partial charge is 0.309 e. The molecule has 0 amide bonds. The molecule has 45 heavy (non-hydrogen) atoms. The fourth-order valence-electron chi connectivity index (χ4n) is 7.54. The maximum absolute atomic E-state index is 4.75. The number of nitrogens with zero attached hydrogens (tertiary/aromatic N) is 3. The summed E-state index contributed by atoms with van der Waals surface area (Å²) in [6.45, 7) is 0. The number of rotatable bonds is 3. The summed E-state index contributed by atoms with van der Waals surface area (Å²) >= 11 is 0. The molecule has 0 spiro atoms. The fraction of sp³-hybridized carbons (Fsp3) is 0.0238. The zero-order valence-electron chi connectivity index (χ0n) is 24.5. The molecule has 3 heteroatoms. The van der Waals surface area contributed by atoms with Gasteiger partial charge < -0.3 is 9.13 Å². The van der Waals surface area contributed by atoms with E-state index in [0.29, 0.717) is 0 Å². The van der Waals surface area contributed by atoms with Crippen LogP contribution in [0.3, 0.4) is 0 Å². The Kier molecular flexibility index (Phi) is 5.06. The lowest BCUT2D eigenvalue weighted by Gasteiger charge is -2.11. The monoisotopic (exact) mass is 573 g/mol. The van der Waals surface area contributed by atoms with Gasteiger partial charge in [-0.25, -0.2) is 0 Å². The van der Waals surface area contributed by atoms with Crippen molar-refractivity contribution < 1.29 is 0 Å². The van der Waals surface area contributed by atoms with Crippen LogP contribution in [-0.4, -0.2) is 14.1 Å². The van der Waals surface area contributed by atoms with Crippen molar-refractivity contribution in [1.29, 1.82) is 0 Å². The second-order valence-corrected chi connectivity index (χ2v) is 12.0. The number of hydrogen-bond acceptors (Lipinski definition) is 1. The Morgan fingerprint density at radius 2 is 1.04 bits per heavy atom. The van der Waals surface area contributed by atoms with Gasteiger partial charge in [-0.1, -0.05) is 78.9 Å². The quantitative estimate of drug-likeness (QED) is 0.206. The lowest BCUT2D eigenvalue weighted by Crippen LogP contribution is -1.95. The lowest BCUT2D eigenvalue weighted by molar-refractivity contribution is 1.17. The topological polar surface area (TPSA) is 22.8 Å². The van der Waals surface area contributed by atoms with E-state index in [1.54, 1.807) is 0 Å². The van der Waals surface area contributed by atoms with Crippen molar-refractivity contribution in [3.05, 3.63) is 163 Å². The van der Waals surface area contributed by atoms with E-state index in [1.807, 2.05) is 12.3 Å². The number of pyridine rings is 1. The highest BCUT2D eigenvalue weighted by Gasteiger charge is 2.22. The van der Waals surface area contributed by atoms with E-state index in [4.69, 9.17) is 4.98 Å². The molecule has 0 saturated carbocycles. The molecule has 0 unspecified atom stereocenters. The molecule has 0 bridgehead atoms. The Morgan fingerprint density at radius 1 is 0.422 bits per heavy atom. The van der Waals surface area contributed by atoms with E-state index in [0.717, 1.165) is 17.5 Å². The van der Waals surface area contributed by atoms with E-state index in [-0.39, 0.29) is 0 Å². The molecule has 210 valence electrons. The summed E-state index contributed by atoms with van der Waals surface area (Å²) in [4.78, 5) is 4.75. The van der Waals surface area contributed by atoms with Gasteiger partial charge in [-0.2, -0.15) is 0 Å². The van der Waals surface area contributed by atoms with Crippen molar-refractivity contribution in [1.82, 2.24) is 14.1 Å². The van der Waals surface area contributed by atoms with Crippen LogP contribution in [0.5, 0.6) is 0 Å². The van der Waals surface area contributed by atoms with Crippen molar-refractivity contribution in [2.24, 2.45) is 0 Å². The first-order valence-corrected chi connectivity index (χ1v) is 15.5. The summed E-state index contributed by atoms with van der Waals surface area (Å²) in [5, 5.41) is 3.73. The summed E-state index contributed by atoms with van der Waals surface area (Å²) in [5.74, 6) is 0. The lowest BCUT2D eigenvalue weighted by atomic mass is 9.97. The smallest absolute Gasteiger partial charge is 0.0963 e. The molecule has 3 heterocycles. The minimum atomic E-state index is 0.962. The molecule has 6 aromatic carbocycles. The molecule has 9 aromatic rings. The fourth-order valence-corrected chi connectivity index (χ4v) is 7.54. The molecule has 0 fully saturated rings. The second kappa shape index (κ2) is 9.28. The third kappa shape index (κ3) is 3.55. The molecule has 0 aliphatic heterocycles. The predicted molar refractivity (Wildman–Crippen MR) is 187 cm³/mol. The third-order valence-electron chi connectivity index (χ3n) is 9.58. The van der Waals surface area contributed by atoms with Gasteiger partial charge in [0.1, 0.15) is 0 Å². The molecular formula is C42H27N3. The number of hydrogen-bond donors (Lipinski definition) is 0. The summed E-state index contributed by atoms with van der Waals surface area (Å²) in [7, 11) is 0. The van der Waals surface area contributed by atoms with Crippen molar-refractivity contribution >= 4 is 43.7 Å². The Morgan fingerprint density at radius 3 is 1.91 bits per heavy atom. The maximum atomic E-state index is 4.75. The summed E-state index contributed by atoms with van der Waals surface area (Å²) in [5.41, 5.74) is 16.1. The molecule has 10 rings (SSSR count). The zero-order chi connectivity index (χ0) is 29.5. The summed E-state index contributed by atoms with van der Waals surface area (Å²) in [6, 6.07) is 53.1. The normalized spacial score (nSPS) is 12.4. The van der Waals surface area contributed by atoms with Gasteiger partial charge >= 0.3 is 0 Å². The Balaban J connectivity index is 1.12. The Bertz CT molecular complexity index is 2570. The maximum Gasteiger partial charge on any atom is 0.0963 e. The number of benzene rings is 6. The van der Waals surface area contributed by atoms with Gasteiger partial charge in [-0.05, 0) is 107 Å². The van der Waals surface area contributed by atoms with Crippen LogP contribution >= 0.6 is 0 Å². The number of para-hydroxylation sites is 3. The van der Waals surface area contributed by atoms with Crippen molar-refractivity contribution in [2.75, 3.05) is 0 Å². The summed E-state index contributed by atoms with van der Waals surface area (Å²) in [6.07, 6.45) is 2.85. The summed E-state index contributed by atoms with van der Waals surface area (Å²) < 4.78 is 4.73. The van der Waals surface area contributed by atoms with Crippen molar-refractivity contribution in [3.8, 4) is 33.6 Å². The Labute approximate surface area is 260 Å². The van der Waals surface area contributed by atoms with Crippen LogP contribution in [0.25, 0.3) is 77.4 Å². The first kappa shape index (κ1) is 24.5. The molecule has 3 aromatic heterocycles. The van der Waals surface area contributed by atoms with Gasteiger partial charge in [0, 0.05) is 33.7 Å². The minimum Gasteiger partial charge on any atom is -0.309 e. The van der Waals surface area contributed by atoms with Gasteiger partial charge in [-0.15, -0.1) is 0 Å². The van der Waals surface area contributed by atoms with Gasteiger partial charge in [0.2, 0.25) is 0 Å². The van der Waals surface area contributed by atoms with Crippen LogP contribution < -0.4 is 0 Å². The number of fused-ring (bicyclic) bond motifs is 9. The van der Waals surface area contributed by atoms with Gasteiger partial charge in [0.05, 0.1) is 27.6 Å². The molecular weight excluding hydrogens is 546 g/mol. The first-order valence-electron chi connectivity index (χ1n) is 15.5. The van der Waals surface area contributed by atoms with E-state index < -0.39 is 0 Å². The van der Waals surface area contributed by atoms with Crippen LogP contribution in [0.2, 0.25) is 0 Å². The van der Waals surface area contributed by atoms with Gasteiger partial charge in [0.15, 0.2) is 0 Å².